The zero-order valence-electron chi connectivity index (χ0n) is 13.1. The molecule has 1 heterocycles. The van der Waals surface area contributed by atoms with Gasteiger partial charge in [0.25, 0.3) is 0 Å². The zero-order valence-corrected chi connectivity index (χ0v) is 13.1. The lowest BCUT2D eigenvalue weighted by molar-refractivity contribution is -0.131. The van der Waals surface area contributed by atoms with Gasteiger partial charge in [-0.15, -0.1) is 0 Å². The average Bonchev–Trinajstić information content (AvgIpc) is 3.09. The lowest BCUT2D eigenvalue weighted by atomic mass is 10.0. The first-order chi connectivity index (χ1) is 10.2. The summed E-state index contributed by atoms with van der Waals surface area (Å²) in [4.78, 5) is 15.0. The number of carbonyl (C=O) groups is 1. The molecule has 1 aromatic rings. The summed E-state index contributed by atoms with van der Waals surface area (Å²) in [7, 11) is 0. The van der Waals surface area contributed by atoms with E-state index in [0.29, 0.717) is 11.8 Å². The fourth-order valence-corrected chi connectivity index (χ4v) is 3.78. The van der Waals surface area contributed by atoms with Crippen LogP contribution in [0.3, 0.4) is 0 Å². The van der Waals surface area contributed by atoms with E-state index in [1.165, 1.54) is 25.7 Å². The number of hydrogen-bond donors (Lipinski definition) is 1. The van der Waals surface area contributed by atoms with Crippen LogP contribution in [0.1, 0.15) is 51.1 Å². The Kier molecular flexibility index (Phi) is 4.29. The lowest BCUT2D eigenvalue weighted by Gasteiger charge is -2.30. The molecule has 0 spiro atoms. The van der Waals surface area contributed by atoms with E-state index in [0.717, 1.165) is 12.1 Å². The van der Waals surface area contributed by atoms with Crippen LogP contribution in [0.4, 0.5) is 0 Å². The standard InChI is InChI=1S/C18H26N2O/c1-13(2)12-20-17(15-10-6-7-11-15)19-16(18(20)21)14-8-4-3-5-9-14/h3-5,8-9,13,15-17,19H,6-7,10-12H2,1-2H3. The normalized spacial score (nSPS) is 27.0. The minimum absolute atomic E-state index is 0.157. The first-order valence-electron chi connectivity index (χ1n) is 8.28. The number of benzene rings is 1. The van der Waals surface area contributed by atoms with Gasteiger partial charge in [0.15, 0.2) is 0 Å². The molecule has 3 nitrogen and oxygen atoms in total. The lowest BCUT2D eigenvalue weighted by Crippen LogP contribution is -2.44. The van der Waals surface area contributed by atoms with Crippen molar-refractivity contribution in [2.45, 2.75) is 51.7 Å². The third-order valence-corrected chi connectivity index (χ3v) is 4.74. The van der Waals surface area contributed by atoms with Gasteiger partial charge in [0.05, 0.1) is 6.17 Å². The molecule has 0 radical (unpaired) electrons. The van der Waals surface area contributed by atoms with Gasteiger partial charge in [-0.3, -0.25) is 10.1 Å². The molecular formula is C18H26N2O. The van der Waals surface area contributed by atoms with Gasteiger partial charge in [0, 0.05) is 6.54 Å². The van der Waals surface area contributed by atoms with Crippen LogP contribution in [0.15, 0.2) is 30.3 Å². The Morgan fingerprint density at radius 2 is 1.86 bits per heavy atom. The van der Waals surface area contributed by atoms with Gasteiger partial charge >= 0.3 is 0 Å². The van der Waals surface area contributed by atoms with E-state index in [4.69, 9.17) is 0 Å². The molecule has 1 N–H and O–H groups in total. The van der Waals surface area contributed by atoms with Crippen molar-refractivity contribution in [2.24, 2.45) is 11.8 Å². The largest absolute Gasteiger partial charge is 0.325 e. The van der Waals surface area contributed by atoms with Crippen molar-refractivity contribution in [3.8, 4) is 0 Å². The number of hydrogen-bond acceptors (Lipinski definition) is 2. The highest BCUT2D eigenvalue weighted by Crippen LogP contribution is 2.35. The quantitative estimate of drug-likeness (QED) is 0.921. The van der Waals surface area contributed by atoms with Crippen molar-refractivity contribution in [3.05, 3.63) is 35.9 Å². The maximum absolute atomic E-state index is 12.9. The number of rotatable bonds is 4. The highest BCUT2D eigenvalue weighted by atomic mass is 16.2. The Bertz CT molecular complexity index is 479. The minimum Gasteiger partial charge on any atom is -0.325 e. The Labute approximate surface area is 127 Å². The van der Waals surface area contributed by atoms with Crippen LogP contribution < -0.4 is 5.32 Å². The van der Waals surface area contributed by atoms with Crippen LogP contribution in [0.2, 0.25) is 0 Å². The van der Waals surface area contributed by atoms with E-state index in [1.807, 2.05) is 18.2 Å². The first kappa shape index (κ1) is 14.6. The third kappa shape index (κ3) is 2.98. The Hall–Kier alpha value is -1.35. The Morgan fingerprint density at radius 3 is 2.48 bits per heavy atom. The van der Waals surface area contributed by atoms with E-state index >= 15 is 0 Å². The molecule has 0 bridgehead atoms. The van der Waals surface area contributed by atoms with Gasteiger partial charge in [-0.1, -0.05) is 57.0 Å². The number of amides is 1. The molecule has 3 rings (SSSR count). The highest BCUT2D eigenvalue weighted by Gasteiger charge is 2.43. The molecule has 114 valence electrons. The van der Waals surface area contributed by atoms with Crippen molar-refractivity contribution in [1.82, 2.24) is 10.2 Å². The summed E-state index contributed by atoms with van der Waals surface area (Å²) >= 11 is 0. The molecule has 2 atom stereocenters. The van der Waals surface area contributed by atoms with Crippen LogP contribution in [-0.2, 0) is 4.79 Å². The summed E-state index contributed by atoms with van der Waals surface area (Å²) in [5.74, 6) is 1.39. The fourth-order valence-electron chi connectivity index (χ4n) is 3.78. The van der Waals surface area contributed by atoms with Crippen molar-refractivity contribution >= 4 is 5.91 Å². The SMILES string of the molecule is CC(C)CN1C(=O)C(c2ccccc2)NC1C1CCCC1. The van der Waals surface area contributed by atoms with E-state index in [1.54, 1.807) is 0 Å². The topological polar surface area (TPSA) is 32.3 Å². The molecule has 2 unspecified atom stereocenters. The molecule has 1 saturated heterocycles. The van der Waals surface area contributed by atoms with Crippen LogP contribution in [-0.4, -0.2) is 23.5 Å². The number of carbonyl (C=O) groups excluding carboxylic acids is 1. The third-order valence-electron chi connectivity index (χ3n) is 4.74. The van der Waals surface area contributed by atoms with Crippen LogP contribution in [0.5, 0.6) is 0 Å². The predicted molar refractivity (Wildman–Crippen MR) is 84.6 cm³/mol. The number of nitrogens with one attached hydrogen (secondary N) is 1. The first-order valence-corrected chi connectivity index (χ1v) is 8.28. The molecule has 21 heavy (non-hydrogen) atoms. The monoisotopic (exact) mass is 286 g/mol. The van der Waals surface area contributed by atoms with Gasteiger partial charge in [0.2, 0.25) is 5.91 Å². The second-order valence-electron chi connectivity index (χ2n) is 6.88. The number of nitrogens with zero attached hydrogens (tertiary/aromatic N) is 1. The van der Waals surface area contributed by atoms with Crippen LogP contribution >= 0.6 is 0 Å². The summed E-state index contributed by atoms with van der Waals surface area (Å²) in [5.41, 5.74) is 1.09. The van der Waals surface area contributed by atoms with Crippen molar-refractivity contribution in [2.75, 3.05) is 6.54 Å². The highest BCUT2D eigenvalue weighted by molar-refractivity contribution is 5.85. The predicted octanol–water partition coefficient (Wildman–Crippen LogP) is 3.33. The van der Waals surface area contributed by atoms with Gasteiger partial charge in [-0.2, -0.15) is 0 Å². The van der Waals surface area contributed by atoms with Crippen LogP contribution in [0, 0.1) is 11.8 Å². The molecule has 0 aromatic heterocycles. The molecule has 1 aliphatic heterocycles. The van der Waals surface area contributed by atoms with Crippen molar-refractivity contribution < 1.29 is 4.79 Å². The van der Waals surface area contributed by atoms with Crippen molar-refractivity contribution in [1.29, 1.82) is 0 Å². The van der Waals surface area contributed by atoms with E-state index in [-0.39, 0.29) is 18.1 Å². The minimum atomic E-state index is -0.157. The fraction of sp³-hybridized carbons (Fsp3) is 0.611. The van der Waals surface area contributed by atoms with Gasteiger partial charge in [0.1, 0.15) is 6.04 Å². The molecule has 2 aliphatic rings. The van der Waals surface area contributed by atoms with Crippen LogP contribution in [0.25, 0.3) is 0 Å². The Balaban J connectivity index is 1.83. The molecule has 3 heteroatoms. The second-order valence-corrected chi connectivity index (χ2v) is 6.88. The maximum Gasteiger partial charge on any atom is 0.245 e. The smallest absolute Gasteiger partial charge is 0.245 e. The van der Waals surface area contributed by atoms with E-state index < -0.39 is 0 Å². The molecule has 1 aliphatic carbocycles. The summed E-state index contributed by atoms with van der Waals surface area (Å²) in [6.45, 7) is 5.24. The summed E-state index contributed by atoms with van der Waals surface area (Å²) in [6, 6.07) is 9.99. The molecular weight excluding hydrogens is 260 g/mol. The molecule has 1 saturated carbocycles. The van der Waals surface area contributed by atoms with Gasteiger partial charge in [-0.05, 0) is 30.2 Å². The van der Waals surface area contributed by atoms with Crippen molar-refractivity contribution in [3.63, 3.8) is 0 Å². The second kappa shape index (κ2) is 6.18. The molecule has 2 fully saturated rings. The molecule has 1 amide bonds. The Morgan fingerprint density at radius 1 is 1.19 bits per heavy atom. The van der Waals surface area contributed by atoms with E-state index in [2.05, 4.69) is 36.2 Å². The summed E-state index contributed by atoms with van der Waals surface area (Å²) < 4.78 is 0. The summed E-state index contributed by atoms with van der Waals surface area (Å²) in [6.07, 6.45) is 5.35. The molecule has 1 aromatic carbocycles. The maximum atomic E-state index is 12.9. The average molecular weight is 286 g/mol. The van der Waals surface area contributed by atoms with E-state index in [9.17, 15) is 4.79 Å². The zero-order chi connectivity index (χ0) is 14.8. The van der Waals surface area contributed by atoms with Gasteiger partial charge in [-0.25, -0.2) is 0 Å². The van der Waals surface area contributed by atoms with Gasteiger partial charge < -0.3 is 4.90 Å². The summed E-state index contributed by atoms with van der Waals surface area (Å²) in [5, 5.41) is 3.63.